The fourth-order valence-electron chi connectivity index (χ4n) is 7.48. The predicted molar refractivity (Wildman–Crippen MR) is 265 cm³/mol. The summed E-state index contributed by atoms with van der Waals surface area (Å²) < 4.78 is 16.8. The van der Waals surface area contributed by atoms with Crippen LogP contribution in [-0.4, -0.2) is 37.2 Å². The maximum absolute atomic E-state index is 12.8. The minimum atomic E-state index is -0.783. The lowest BCUT2D eigenvalue weighted by molar-refractivity contribution is -0.167. The summed E-state index contributed by atoms with van der Waals surface area (Å²) in [5, 5.41) is 0. The smallest absolute Gasteiger partial charge is 0.306 e. The largest absolute Gasteiger partial charge is 0.462 e. The minimum Gasteiger partial charge on any atom is -0.462 e. The van der Waals surface area contributed by atoms with Crippen molar-refractivity contribution in [2.75, 3.05) is 13.2 Å². The topological polar surface area (TPSA) is 78.9 Å². The molecule has 0 aliphatic heterocycles. The van der Waals surface area contributed by atoms with Gasteiger partial charge in [0.05, 0.1) is 0 Å². The van der Waals surface area contributed by atoms with E-state index in [0.29, 0.717) is 19.3 Å². The molecule has 0 aliphatic rings. The van der Waals surface area contributed by atoms with E-state index >= 15 is 0 Å². The Bertz CT molecular complexity index is 1090. The summed E-state index contributed by atoms with van der Waals surface area (Å²) in [5.74, 6) is -0.900. The lowest BCUT2D eigenvalue weighted by Crippen LogP contribution is -2.30. The average Bonchev–Trinajstić information content (AvgIpc) is 3.27. The first-order chi connectivity index (χ1) is 30.5. The fraction of sp³-hybridized carbons (Fsp3) is 0.804. The van der Waals surface area contributed by atoms with Gasteiger partial charge in [-0.1, -0.05) is 230 Å². The van der Waals surface area contributed by atoms with Crippen molar-refractivity contribution in [3.63, 3.8) is 0 Å². The lowest BCUT2D eigenvalue weighted by Gasteiger charge is -2.18. The number of carbonyl (C=O) groups is 3. The van der Waals surface area contributed by atoms with Crippen molar-refractivity contribution in [2.24, 2.45) is 0 Å². The molecular weight excluding hydrogens is 769 g/mol. The van der Waals surface area contributed by atoms with E-state index in [9.17, 15) is 14.4 Å². The molecule has 6 heteroatoms. The normalized spacial score (nSPS) is 12.4. The molecule has 0 saturated carbocycles. The second-order valence-electron chi connectivity index (χ2n) is 17.8. The van der Waals surface area contributed by atoms with Crippen molar-refractivity contribution in [3.05, 3.63) is 48.6 Å². The second kappa shape index (κ2) is 51.0. The van der Waals surface area contributed by atoms with E-state index in [1.165, 1.54) is 128 Å². The third kappa shape index (κ3) is 48.4. The Kier molecular flexibility index (Phi) is 48.8. The molecule has 0 bridgehead atoms. The van der Waals surface area contributed by atoms with Crippen LogP contribution in [0.5, 0.6) is 0 Å². The number of rotatable bonds is 48. The van der Waals surface area contributed by atoms with E-state index in [-0.39, 0.29) is 31.1 Å². The van der Waals surface area contributed by atoms with Crippen molar-refractivity contribution in [1.29, 1.82) is 0 Å². The fourth-order valence-corrected chi connectivity index (χ4v) is 7.48. The molecule has 0 heterocycles. The van der Waals surface area contributed by atoms with Crippen LogP contribution in [-0.2, 0) is 28.6 Å². The van der Waals surface area contributed by atoms with Crippen LogP contribution in [0.25, 0.3) is 0 Å². The number of hydrogen-bond acceptors (Lipinski definition) is 6. The summed E-state index contributed by atoms with van der Waals surface area (Å²) in [6, 6.07) is 0. The molecule has 0 N–H and O–H groups in total. The molecule has 1 atom stereocenters. The summed E-state index contributed by atoms with van der Waals surface area (Å²) in [4.78, 5) is 38.0. The number of unbranched alkanes of at least 4 members (excludes halogenated alkanes) is 29. The predicted octanol–water partition coefficient (Wildman–Crippen LogP) is 17.5. The maximum atomic E-state index is 12.8. The van der Waals surface area contributed by atoms with Crippen molar-refractivity contribution >= 4 is 17.9 Å². The Labute approximate surface area is 384 Å². The van der Waals surface area contributed by atoms with Gasteiger partial charge >= 0.3 is 17.9 Å². The van der Waals surface area contributed by atoms with E-state index < -0.39 is 6.10 Å². The Morgan fingerprint density at radius 3 is 0.935 bits per heavy atom. The summed E-state index contributed by atoms with van der Waals surface area (Å²) in [6.07, 6.45) is 60.9. The molecule has 360 valence electrons. The molecule has 0 amide bonds. The van der Waals surface area contributed by atoms with Gasteiger partial charge in [-0.25, -0.2) is 0 Å². The van der Waals surface area contributed by atoms with Gasteiger partial charge in [-0.15, -0.1) is 0 Å². The van der Waals surface area contributed by atoms with Crippen molar-refractivity contribution in [1.82, 2.24) is 0 Å². The van der Waals surface area contributed by atoms with Gasteiger partial charge in [0.2, 0.25) is 0 Å². The molecule has 0 rings (SSSR count). The van der Waals surface area contributed by atoms with Crippen molar-refractivity contribution in [2.45, 2.75) is 277 Å². The van der Waals surface area contributed by atoms with Gasteiger partial charge in [0.15, 0.2) is 6.10 Å². The van der Waals surface area contributed by atoms with Crippen molar-refractivity contribution < 1.29 is 28.6 Å². The van der Waals surface area contributed by atoms with Gasteiger partial charge in [0.1, 0.15) is 13.2 Å². The highest BCUT2D eigenvalue weighted by molar-refractivity contribution is 5.71. The molecule has 0 radical (unpaired) electrons. The molecule has 0 aromatic heterocycles. The van der Waals surface area contributed by atoms with E-state index in [2.05, 4.69) is 69.4 Å². The van der Waals surface area contributed by atoms with E-state index in [1.807, 2.05) is 0 Å². The first kappa shape index (κ1) is 59.4. The number of carbonyl (C=O) groups excluding carboxylic acids is 3. The van der Waals surface area contributed by atoms with Gasteiger partial charge < -0.3 is 14.2 Å². The molecule has 0 aromatic rings. The SMILES string of the molecule is CCCC/C=C\C/C=C\CCCCCCCC(=O)OC[C@H](COC(=O)CCCCCCCCCCCCCCCCCC)OC(=O)CCCCCCC/C=C\C/C=C\CCCC. The average molecular weight is 869 g/mol. The van der Waals surface area contributed by atoms with Crippen LogP contribution >= 0.6 is 0 Å². The zero-order valence-corrected chi connectivity index (χ0v) is 41.1. The van der Waals surface area contributed by atoms with Crippen LogP contribution in [0.3, 0.4) is 0 Å². The molecule has 62 heavy (non-hydrogen) atoms. The summed E-state index contributed by atoms with van der Waals surface area (Å²) in [7, 11) is 0. The van der Waals surface area contributed by atoms with Crippen LogP contribution < -0.4 is 0 Å². The monoisotopic (exact) mass is 869 g/mol. The van der Waals surface area contributed by atoms with Crippen LogP contribution in [0.15, 0.2) is 48.6 Å². The lowest BCUT2D eigenvalue weighted by atomic mass is 10.0. The van der Waals surface area contributed by atoms with Crippen molar-refractivity contribution in [3.8, 4) is 0 Å². The van der Waals surface area contributed by atoms with E-state index in [4.69, 9.17) is 14.2 Å². The van der Waals surface area contributed by atoms with Gasteiger partial charge in [-0.2, -0.15) is 0 Å². The molecule has 0 unspecified atom stereocenters. The zero-order valence-electron chi connectivity index (χ0n) is 41.1. The summed E-state index contributed by atoms with van der Waals surface area (Å²) in [5.41, 5.74) is 0. The molecule has 0 aliphatic carbocycles. The molecule has 6 nitrogen and oxygen atoms in total. The van der Waals surface area contributed by atoms with Crippen LogP contribution in [0.1, 0.15) is 271 Å². The molecule has 0 aromatic carbocycles. The minimum absolute atomic E-state index is 0.0810. The summed E-state index contributed by atoms with van der Waals surface area (Å²) >= 11 is 0. The highest BCUT2D eigenvalue weighted by Crippen LogP contribution is 2.15. The first-order valence-electron chi connectivity index (χ1n) is 26.6. The number of ether oxygens (including phenoxy) is 3. The van der Waals surface area contributed by atoms with Crippen LogP contribution in [0.2, 0.25) is 0 Å². The van der Waals surface area contributed by atoms with E-state index in [0.717, 1.165) is 103 Å². The zero-order chi connectivity index (χ0) is 45.1. The maximum Gasteiger partial charge on any atom is 0.306 e. The Morgan fingerprint density at radius 1 is 0.323 bits per heavy atom. The number of hydrogen-bond donors (Lipinski definition) is 0. The highest BCUT2D eigenvalue weighted by Gasteiger charge is 2.19. The first-order valence-corrected chi connectivity index (χ1v) is 26.6. The molecule has 0 fully saturated rings. The molecule has 0 saturated heterocycles. The summed E-state index contributed by atoms with van der Waals surface area (Å²) in [6.45, 7) is 6.55. The second-order valence-corrected chi connectivity index (χ2v) is 17.8. The standard InChI is InChI=1S/C56H100O6/c1-4-7-10-13-16-19-22-25-28-29-32-34-37-40-43-46-49-55(58)61-52-53(62-56(59)50-47-44-41-38-35-31-27-24-21-18-15-12-9-6-3)51-60-54(57)48-45-42-39-36-33-30-26-23-20-17-14-11-8-5-2/h14-15,17-18,23-24,26-27,53H,4-13,16,19-22,25,28-52H2,1-3H3/b17-14-,18-15-,26-23-,27-24-/t53-/m1/s1. The Balaban J connectivity index is 4.39. The van der Waals surface area contributed by atoms with Gasteiger partial charge in [0, 0.05) is 19.3 Å². The third-order valence-corrected chi connectivity index (χ3v) is 11.6. The third-order valence-electron chi connectivity index (χ3n) is 11.6. The van der Waals surface area contributed by atoms with Crippen LogP contribution in [0, 0.1) is 0 Å². The van der Waals surface area contributed by atoms with Gasteiger partial charge in [-0.3, -0.25) is 14.4 Å². The Morgan fingerprint density at radius 2 is 0.597 bits per heavy atom. The molecular formula is C56H100O6. The highest BCUT2D eigenvalue weighted by atomic mass is 16.6. The molecule has 0 spiro atoms. The quantitative estimate of drug-likeness (QED) is 0.0262. The van der Waals surface area contributed by atoms with Gasteiger partial charge in [0.25, 0.3) is 0 Å². The van der Waals surface area contributed by atoms with Gasteiger partial charge in [-0.05, 0) is 70.6 Å². The van der Waals surface area contributed by atoms with E-state index in [1.54, 1.807) is 0 Å². The number of esters is 3. The number of allylic oxidation sites excluding steroid dienone is 8. The Hall–Kier alpha value is -2.63. The van der Waals surface area contributed by atoms with Crippen LogP contribution in [0.4, 0.5) is 0 Å².